The standard InChI is InChI=1S/C14H26O/c1-2-11-7-8-13(9-11)14(15)10-12-5-3-4-6-12/h11-15H,2-10H2,1H3. The van der Waals surface area contributed by atoms with Crippen molar-refractivity contribution >= 4 is 0 Å². The van der Waals surface area contributed by atoms with Crippen LogP contribution >= 0.6 is 0 Å². The van der Waals surface area contributed by atoms with Crippen LogP contribution in [-0.2, 0) is 0 Å². The van der Waals surface area contributed by atoms with E-state index >= 15 is 0 Å². The summed E-state index contributed by atoms with van der Waals surface area (Å²) < 4.78 is 0. The Kier molecular flexibility index (Phi) is 4.07. The van der Waals surface area contributed by atoms with E-state index in [1.54, 1.807) is 0 Å². The van der Waals surface area contributed by atoms with Crippen molar-refractivity contribution in [3.63, 3.8) is 0 Å². The predicted octanol–water partition coefficient (Wildman–Crippen LogP) is 3.75. The Balaban J connectivity index is 1.73. The molecule has 1 heteroatoms. The summed E-state index contributed by atoms with van der Waals surface area (Å²) in [5, 5.41) is 10.2. The smallest absolute Gasteiger partial charge is 0.0571 e. The Morgan fingerprint density at radius 2 is 1.80 bits per heavy atom. The second-order valence-electron chi connectivity index (χ2n) is 5.80. The molecule has 2 aliphatic carbocycles. The Morgan fingerprint density at radius 1 is 1.07 bits per heavy atom. The van der Waals surface area contributed by atoms with Crippen molar-refractivity contribution in [1.82, 2.24) is 0 Å². The SMILES string of the molecule is CCC1CCC(C(O)CC2CCCC2)C1. The summed E-state index contributed by atoms with van der Waals surface area (Å²) in [7, 11) is 0. The van der Waals surface area contributed by atoms with Crippen molar-refractivity contribution in [2.45, 2.75) is 70.8 Å². The van der Waals surface area contributed by atoms with Gasteiger partial charge in [0.2, 0.25) is 0 Å². The molecule has 0 aromatic carbocycles. The van der Waals surface area contributed by atoms with Crippen molar-refractivity contribution in [2.24, 2.45) is 17.8 Å². The van der Waals surface area contributed by atoms with E-state index in [0.717, 1.165) is 18.3 Å². The van der Waals surface area contributed by atoms with Gasteiger partial charge in [0.25, 0.3) is 0 Å². The first-order valence-corrected chi connectivity index (χ1v) is 6.97. The lowest BCUT2D eigenvalue weighted by molar-refractivity contribution is 0.0829. The summed E-state index contributed by atoms with van der Waals surface area (Å²) in [4.78, 5) is 0. The zero-order chi connectivity index (χ0) is 10.7. The third-order valence-corrected chi connectivity index (χ3v) is 4.75. The fourth-order valence-corrected chi connectivity index (χ4v) is 3.61. The Labute approximate surface area is 94.3 Å². The molecule has 2 fully saturated rings. The molecule has 0 heterocycles. The molecule has 0 bridgehead atoms. The van der Waals surface area contributed by atoms with E-state index in [2.05, 4.69) is 6.92 Å². The van der Waals surface area contributed by atoms with Gasteiger partial charge in [-0.25, -0.2) is 0 Å². The summed E-state index contributed by atoms with van der Waals surface area (Å²) >= 11 is 0. The highest BCUT2D eigenvalue weighted by Gasteiger charge is 2.30. The van der Waals surface area contributed by atoms with Crippen LogP contribution in [-0.4, -0.2) is 11.2 Å². The van der Waals surface area contributed by atoms with E-state index in [1.165, 1.54) is 51.4 Å². The van der Waals surface area contributed by atoms with Crippen LogP contribution in [0.15, 0.2) is 0 Å². The van der Waals surface area contributed by atoms with Crippen LogP contribution < -0.4 is 0 Å². The Morgan fingerprint density at radius 3 is 2.40 bits per heavy atom. The van der Waals surface area contributed by atoms with Gasteiger partial charge in [0.15, 0.2) is 0 Å². The summed E-state index contributed by atoms with van der Waals surface area (Å²) in [6, 6.07) is 0. The average Bonchev–Trinajstić information content (AvgIpc) is 2.86. The lowest BCUT2D eigenvalue weighted by atomic mass is 9.90. The zero-order valence-electron chi connectivity index (χ0n) is 10.1. The van der Waals surface area contributed by atoms with E-state index in [4.69, 9.17) is 0 Å². The van der Waals surface area contributed by atoms with Crippen molar-refractivity contribution < 1.29 is 5.11 Å². The average molecular weight is 210 g/mol. The Bertz CT molecular complexity index is 184. The maximum atomic E-state index is 10.2. The maximum Gasteiger partial charge on any atom is 0.0571 e. The van der Waals surface area contributed by atoms with Crippen LogP contribution in [0.3, 0.4) is 0 Å². The van der Waals surface area contributed by atoms with Crippen molar-refractivity contribution in [3.8, 4) is 0 Å². The lowest BCUT2D eigenvalue weighted by Gasteiger charge is -2.21. The minimum Gasteiger partial charge on any atom is -0.393 e. The van der Waals surface area contributed by atoms with Gasteiger partial charge in [-0.15, -0.1) is 0 Å². The molecule has 2 rings (SSSR count). The van der Waals surface area contributed by atoms with E-state index < -0.39 is 0 Å². The minimum atomic E-state index is 0.0182. The first kappa shape index (κ1) is 11.4. The van der Waals surface area contributed by atoms with Crippen LogP contribution in [0.25, 0.3) is 0 Å². The van der Waals surface area contributed by atoms with Crippen molar-refractivity contribution in [3.05, 3.63) is 0 Å². The zero-order valence-corrected chi connectivity index (χ0v) is 10.1. The van der Waals surface area contributed by atoms with E-state index in [-0.39, 0.29) is 6.10 Å². The van der Waals surface area contributed by atoms with Crippen LogP contribution in [0.5, 0.6) is 0 Å². The molecule has 3 unspecified atom stereocenters. The highest BCUT2D eigenvalue weighted by Crippen LogP contribution is 2.38. The molecule has 0 aromatic rings. The molecule has 2 aliphatic rings. The fraction of sp³-hybridized carbons (Fsp3) is 1.00. The van der Waals surface area contributed by atoms with Crippen LogP contribution in [0.1, 0.15) is 64.7 Å². The molecule has 15 heavy (non-hydrogen) atoms. The van der Waals surface area contributed by atoms with Crippen molar-refractivity contribution in [1.29, 1.82) is 0 Å². The minimum absolute atomic E-state index is 0.0182. The number of rotatable bonds is 4. The number of hydrogen-bond acceptors (Lipinski definition) is 1. The van der Waals surface area contributed by atoms with Gasteiger partial charge >= 0.3 is 0 Å². The molecule has 0 saturated heterocycles. The maximum absolute atomic E-state index is 10.2. The van der Waals surface area contributed by atoms with Gasteiger partial charge in [-0.05, 0) is 37.0 Å². The largest absolute Gasteiger partial charge is 0.393 e. The van der Waals surface area contributed by atoms with Gasteiger partial charge in [0.1, 0.15) is 0 Å². The number of aliphatic hydroxyl groups is 1. The topological polar surface area (TPSA) is 20.2 Å². The highest BCUT2D eigenvalue weighted by atomic mass is 16.3. The molecule has 0 aromatic heterocycles. The second-order valence-corrected chi connectivity index (χ2v) is 5.80. The lowest BCUT2D eigenvalue weighted by Crippen LogP contribution is -2.21. The van der Waals surface area contributed by atoms with Crippen LogP contribution in [0, 0.1) is 17.8 Å². The quantitative estimate of drug-likeness (QED) is 0.749. The third kappa shape index (κ3) is 2.96. The molecule has 0 aliphatic heterocycles. The number of aliphatic hydroxyl groups excluding tert-OH is 1. The first-order chi connectivity index (χ1) is 7.29. The van der Waals surface area contributed by atoms with Crippen molar-refractivity contribution in [2.75, 3.05) is 0 Å². The van der Waals surface area contributed by atoms with Gasteiger partial charge < -0.3 is 5.11 Å². The Hall–Kier alpha value is -0.0400. The highest BCUT2D eigenvalue weighted by molar-refractivity contribution is 4.82. The van der Waals surface area contributed by atoms with Crippen LogP contribution in [0.4, 0.5) is 0 Å². The van der Waals surface area contributed by atoms with E-state index in [9.17, 15) is 5.11 Å². The molecule has 3 atom stereocenters. The van der Waals surface area contributed by atoms with Crippen LogP contribution in [0.2, 0.25) is 0 Å². The molecule has 2 saturated carbocycles. The molecule has 1 nitrogen and oxygen atoms in total. The molecular formula is C14H26O. The predicted molar refractivity (Wildman–Crippen MR) is 63.7 cm³/mol. The third-order valence-electron chi connectivity index (χ3n) is 4.75. The summed E-state index contributed by atoms with van der Waals surface area (Å²) in [6.07, 6.45) is 11.9. The monoisotopic (exact) mass is 210 g/mol. The second kappa shape index (κ2) is 5.34. The molecule has 0 radical (unpaired) electrons. The van der Waals surface area contributed by atoms with E-state index in [1.807, 2.05) is 0 Å². The molecule has 88 valence electrons. The fourth-order valence-electron chi connectivity index (χ4n) is 3.61. The molecule has 1 N–H and O–H groups in total. The number of hydrogen-bond donors (Lipinski definition) is 1. The summed E-state index contributed by atoms with van der Waals surface area (Å²) in [5.41, 5.74) is 0. The summed E-state index contributed by atoms with van der Waals surface area (Å²) in [6.45, 7) is 2.29. The van der Waals surface area contributed by atoms with Gasteiger partial charge in [-0.1, -0.05) is 45.4 Å². The van der Waals surface area contributed by atoms with E-state index in [0.29, 0.717) is 5.92 Å². The van der Waals surface area contributed by atoms with Gasteiger partial charge in [0, 0.05) is 0 Å². The summed E-state index contributed by atoms with van der Waals surface area (Å²) in [5.74, 6) is 2.39. The normalized spacial score (nSPS) is 34.8. The molecule has 0 spiro atoms. The molecule has 0 amide bonds. The van der Waals surface area contributed by atoms with Gasteiger partial charge in [-0.2, -0.15) is 0 Å². The van der Waals surface area contributed by atoms with Gasteiger partial charge in [0.05, 0.1) is 6.10 Å². The molecular weight excluding hydrogens is 184 g/mol. The van der Waals surface area contributed by atoms with Gasteiger partial charge in [-0.3, -0.25) is 0 Å². The first-order valence-electron chi connectivity index (χ1n) is 6.97.